The van der Waals surface area contributed by atoms with E-state index in [-0.39, 0.29) is 12.8 Å². The van der Waals surface area contributed by atoms with Gasteiger partial charge in [0.15, 0.2) is 5.69 Å². The lowest BCUT2D eigenvalue weighted by atomic mass is 9.93. The van der Waals surface area contributed by atoms with Crippen molar-refractivity contribution in [1.29, 1.82) is 0 Å². The van der Waals surface area contributed by atoms with Gasteiger partial charge in [-0.05, 0) is 43.9 Å². The smallest absolute Gasteiger partial charge is 0.348 e. The molecule has 182 valence electrons. The van der Waals surface area contributed by atoms with Gasteiger partial charge in [-0.1, -0.05) is 6.07 Å². The molecule has 0 bridgehead atoms. The summed E-state index contributed by atoms with van der Waals surface area (Å²) in [5.74, 6) is -0.905. The Morgan fingerprint density at radius 1 is 1.09 bits per heavy atom. The van der Waals surface area contributed by atoms with Gasteiger partial charge in [-0.25, -0.2) is 12.8 Å². The third-order valence-electron chi connectivity index (χ3n) is 5.42. The van der Waals surface area contributed by atoms with Crippen LogP contribution in [-0.2, 0) is 29.2 Å². The quantitative estimate of drug-likeness (QED) is 0.635. The molecule has 1 aromatic heterocycles. The molecule has 1 aliphatic rings. The number of nitrogens with zero attached hydrogens (tertiary/aromatic N) is 2. The number of carbonyl (C=O) groups excluding carboxylic acids is 1. The zero-order valence-electron chi connectivity index (χ0n) is 17.0. The second-order valence-corrected chi connectivity index (χ2v) is 9.91. The molecule has 0 radical (unpaired) electrons. The van der Waals surface area contributed by atoms with E-state index >= 15 is 4.39 Å². The van der Waals surface area contributed by atoms with Gasteiger partial charge in [0, 0.05) is 19.2 Å². The molecule has 0 spiro atoms. The average Bonchev–Trinajstić information content (AvgIpc) is 3.11. The first kappa shape index (κ1) is 25.0. The Morgan fingerprint density at radius 2 is 1.70 bits per heavy atom. The van der Waals surface area contributed by atoms with Crippen molar-refractivity contribution in [3.8, 4) is 0 Å². The molecule has 0 unspecified atom stereocenters. The van der Waals surface area contributed by atoms with E-state index in [1.54, 1.807) is 0 Å². The Kier molecular flexibility index (Phi) is 6.28. The van der Waals surface area contributed by atoms with Crippen LogP contribution in [0.1, 0.15) is 47.4 Å². The number of carbonyl (C=O) groups is 1. The first-order chi connectivity index (χ1) is 15.0. The van der Waals surface area contributed by atoms with Crippen LogP contribution in [0.15, 0.2) is 35.2 Å². The van der Waals surface area contributed by atoms with Gasteiger partial charge < -0.3 is 5.32 Å². The van der Waals surface area contributed by atoms with Crippen LogP contribution in [0.3, 0.4) is 0 Å². The monoisotopic (exact) mass is 501 g/mol. The van der Waals surface area contributed by atoms with E-state index in [4.69, 9.17) is 0 Å². The number of amides is 1. The number of aryl methyl sites for hydroxylation is 1. The summed E-state index contributed by atoms with van der Waals surface area (Å²) in [7, 11) is -3.65. The maximum absolute atomic E-state index is 15.4. The summed E-state index contributed by atoms with van der Waals surface area (Å²) >= 11 is 0. The topological polar surface area (TPSA) is 81.1 Å². The van der Waals surface area contributed by atoms with Crippen molar-refractivity contribution in [1.82, 2.24) is 15.1 Å². The van der Waals surface area contributed by atoms with E-state index in [0.717, 1.165) is 23.9 Å². The summed E-state index contributed by atoms with van der Waals surface area (Å²) in [6.45, 7) is 0. The molecule has 1 amide bonds. The van der Waals surface area contributed by atoms with Crippen molar-refractivity contribution < 1.29 is 43.9 Å². The standard InChI is InChI=1S/C19H18F7N3O3S/c1-29-14(10-15(28-29)19(24,25)26)16(30)27-12-5-7-17(20,8-6-12)33(31,32)13-4-2-3-11(9-13)18(21,22)23/h2-4,9-10,12H,5-8H2,1H3,(H,27,30). The molecule has 1 fully saturated rings. The molecule has 0 saturated heterocycles. The summed E-state index contributed by atoms with van der Waals surface area (Å²) in [6.07, 6.45) is -11.2. The first-order valence-electron chi connectivity index (χ1n) is 9.57. The van der Waals surface area contributed by atoms with Crippen LogP contribution in [0, 0.1) is 0 Å². The van der Waals surface area contributed by atoms with Crippen LogP contribution in [0.2, 0.25) is 0 Å². The molecular weight excluding hydrogens is 483 g/mol. The molecule has 1 aromatic carbocycles. The summed E-state index contributed by atoms with van der Waals surface area (Å²) in [6, 6.07) is 2.58. The van der Waals surface area contributed by atoms with Crippen molar-refractivity contribution in [2.24, 2.45) is 7.05 Å². The Balaban J connectivity index is 1.71. The molecule has 0 atom stereocenters. The van der Waals surface area contributed by atoms with E-state index in [1.165, 1.54) is 0 Å². The third kappa shape index (κ3) is 4.99. The highest BCUT2D eigenvalue weighted by molar-refractivity contribution is 7.92. The normalized spacial score (nSPS) is 22.2. The van der Waals surface area contributed by atoms with Crippen LogP contribution >= 0.6 is 0 Å². The number of benzene rings is 1. The molecular formula is C19H18F7N3O3S. The van der Waals surface area contributed by atoms with Gasteiger partial charge >= 0.3 is 12.4 Å². The zero-order chi connectivity index (χ0) is 24.8. The molecule has 33 heavy (non-hydrogen) atoms. The Morgan fingerprint density at radius 3 is 2.21 bits per heavy atom. The number of aromatic nitrogens is 2. The number of hydrogen-bond acceptors (Lipinski definition) is 4. The molecule has 6 nitrogen and oxygen atoms in total. The maximum atomic E-state index is 15.4. The van der Waals surface area contributed by atoms with E-state index in [1.807, 2.05) is 0 Å². The number of sulfone groups is 1. The van der Waals surface area contributed by atoms with Gasteiger partial charge in [0.2, 0.25) is 14.8 Å². The SMILES string of the molecule is Cn1nc(C(F)(F)F)cc1C(=O)NC1CCC(F)(S(=O)(=O)c2cccc(C(F)(F)F)c2)CC1. The van der Waals surface area contributed by atoms with Gasteiger partial charge in [-0.3, -0.25) is 9.48 Å². The molecule has 1 heterocycles. The lowest BCUT2D eigenvalue weighted by Crippen LogP contribution is -2.45. The molecule has 0 aliphatic heterocycles. The molecule has 1 saturated carbocycles. The minimum atomic E-state index is -4.81. The van der Waals surface area contributed by atoms with Crippen molar-refractivity contribution in [2.45, 2.75) is 54.0 Å². The van der Waals surface area contributed by atoms with Crippen LogP contribution in [0.25, 0.3) is 0 Å². The Labute approximate surface area is 183 Å². The highest BCUT2D eigenvalue weighted by Gasteiger charge is 2.48. The highest BCUT2D eigenvalue weighted by atomic mass is 32.2. The fourth-order valence-corrected chi connectivity index (χ4v) is 5.33. The fraction of sp³-hybridized carbons (Fsp3) is 0.474. The molecule has 3 rings (SSSR count). The second-order valence-electron chi connectivity index (χ2n) is 7.70. The van der Waals surface area contributed by atoms with Gasteiger partial charge in [0.25, 0.3) is 5.91 Å². The predicted molar refractivity (Wildman–Crippen MR) is 100 cm³/mol. The third-order valence-corrected chi connectivity index (χ3v) is 7.67. The van der Waals surface area contributed by atoms with E-state index < -0.39 is 73.8 Å². The summed E-state index contributed by atoms with van der Waals surface area (Å²) in [5.41, 5.74) is -2.90. The van der Waals surface area contributed by atoms with Gasteiger partial charge in [-0.2, -0.15) is 31.4 Å². The summed E-state index contributed by atoms with van der Waals surface area (Å²) < 4.78 is 119. The van der Waals surface area contributed by atoms with E-state index in [2.05, 4.69) is 10.4 Å². The lowest BCUT2D eigenvalue weighted by Gasteiger charge is -2.33. The number of halogens is 7. The number of rotatable bonds is 4. The van der Waals surface area contributed by atoms with Crippen molar-refractivity contribution >= 4 is 15.7 Å². The van der Waals surface area contributed by atoms with Crippen LogP contribution in [0.5, 0.6) is 0 Å². The van der Waals surface area contributed by atoms with Crippen LogP contribution in [0.4, 0.5) is 30.7 Å². The van der Waals surface area contributed by atoms with Crippen molar-refractivity contribution in [3.63, 3.8) is 0 Å². The van der Waals surface area contributed by atoms with E-state index in [0.29, 0.717) is 18.2 Å². The lowest BCUT2D eigenvalue weighted by molar-refractivity contribution is -0.141. The number of nitrogens with one attached hydrogen (secondary N) is 1. The maximum Gasteiger partial charge on any atom is 0.435 e. The first-order valence-corrected chi connectivity index (χ1v) is 11.1. The average molecular weight is 501 g/mol. The van der Waals surface area contributed by atoms with Crippen molar-refractivity contribution in [2.75, 3.05) is 0 Å². The Hall–Kier alpha value is -2.64. The van der Waals surface area contributed by atoms with Crippen LogP contribution in [-0.4, -0.2) is 35.1 Å². The second kappa shape index (κ2) is 8.29. The number of alkyl halides is 7. The minimum Gasteiger partial charge on any atom is -0.348 e. The predicted octanol–water partition coefficient (Wildman–Crippen LogP) is 4.27. The highest BCUT2D eigenvalue weighted by Crippen LogP contribution is 2.41. The van der Waals surface area contributed by atoms with Gasteiger partial charge in [-0.15, -0.1) is 0 Å². The summed E-state index contributed by atoms with van der Waals surface area (Å²) in [4.78, 5) is 11.5. The van der Waals surface area contributed by atoms with E-state index in [9.17, 15) is 39.6 Å². The number of hydrogen-bond donors (Lipinski definition) is 1. The fourth-order valence-electron chi connectivity index (χ4n) is 3.59. The molecule has 14 heteroatoms. The van der Waals surface area contributed by atoms with Crippen LogP contribution < -0.4 is 5.32 Å². The molecule has 1 N–H and O–H groups in total. The zero-order valence-corrected chi connectivity index (χ0v) is 17.8. The van der Waals surface area contributed by atoms with Gasteiger partial charge in [0.05, 0.1) is 10.5 Å². The Bertz CT molecular complexity index is 1150. The summed E-state index contributed by atoms with van der Waals surface area (Å²) in [5, 5.41) is 2.79. The molecule has 1 aliphatic carbocycles. The largest absolute Gasteiger partial charge is 0.435 e. The van der Waals surface area contributed by atoms with Gasteiger partial charge in [0.1, 0.15) is 5.69 Å². The van der Waals surface area contributed by atoms with Crippen molar-refractivity contribution in [3.05, 3.63) is 47.3 Å². The molecule has 2 aromatic rings. The minimum absolute atomic E-state index is 0.190.